The molecule has 0 aliphatic rings. The van der Waals surface area contributed by atoms with Gasteiger partial charge in [0.2, 0.25) is 0 Å². The van der Waals surface area contributed by atoms with Gasteiger partial charge in [-0.3, -0.25) is 0 Å². The van der Waals surface area contributed by atoms with Crippen LogP contribution in [0.2, 0.25) is 0 Å². The van der Waals surface area contributed by atoms with E-state index in [1.54, 1.807) is 11.6 Å². The topological polar surface area (TPSA) is 62.2 Å². The van der Waals surface area contributed by atoms with Gasteiger partial charge in [0.1, 0.15) is 0 Å². The van der Waals surface area contributed by atoms with Crippen molar-refractivity contribution in [3.8, 4) is 0 Å². The molecule has 0 fully saturated rings. The molecule has 2 N–H and O–H groups in total. The molecule has 0 unspecified atom stereocenters. The van der Waals surface area contributed by atoms with E-state index in [0.29, 0.717) is 17.8 Å². The summed E-state index contributed by atoms with van der Waals surface area (Å²) in [7, 11) is 0. The standard InChI is InChI=1S/C13H14N2O2S2/c1-2-19-11-5-3-4-10(12(11)13(16)17)14-6-9-7-18-8-15-9/h3-5,7-8,14H,2,6H2,1H3,(H,16,17). The minimum atomic E-state index is -0.905. The van der Waals surface area contributed by atoms with Gasteiger partial charge >= 0.3 is 5.97 Å². The van der Waals surface area contributed by atoms with Gasteiger partial charge in [-0.2, -0.15) is 0 Å². The third-order valence-corrected chi connectivity index (χ3v) is 4.06. The molecule has 0 spiro atoms. The maximum absolute atomic E-state index is 11.4. The molecule has 2 aromatic rings. The van der Waals surface area contributed by atoms with E-state index in [-0.39, 0.29) is 0 Å². The molecule has 0 aliphatic heterocycles. The summed E-state index contributed by atoms with van der Waals surface area (Å²) in [4.78, 5) is 16.4. The normalized spacial score (nSPS) is 10.4. The van der Waals surface area contributed by atoms with Crippen LogP contribution in [0.5, 0.6) is 0 Å². The second kappa shape index (κ2) is 6.58. The number of hydrogen-bond donors (Lipinski definition) is 2. The molecule has 0 saturated carbocycles. The number of thioether (sulfide) groups is 1. The molecule has 1 aromatic heterocycles. The van der Waals surface area contributed by atoms with Gasteiger partial charge in [0.05, 0.1) is 29.0 Å². The lowest BCUT2D eigenvalue weighted by atomic mass is 10.1. The van der Waals surface area contributed by atoms with Crippen molar-refractivity contribution in [1.82, 2.24) is 4.98 Å². The van der Waals surface area contributed by atoms with Crippen LogP contribution in [0.25, 0.3) is 0 Å². The average Bonchev–Trinajstić information content (AvgIpc) is 2.89. The molecule has 4 nitrogen and oxygen atoms in total. The summed E-state index contributed by atoms with van der Waals surface area (Å²) in [6, 6.07) is 5.50. The molecule has 0 radical (unpaired) electrons. The van der Waals surface area contributed by atoms with E-state index in [2.05, 4.69) is 10.3 Å². The predicted octanol–water partition coefficient (Wildman–Crippen LogP) is 3.57. The monoisotopic (exact) mass is 294 g/mol. The van der Waals surface area contributed by atoms with Crippen LogP contribution in [0, 0.1) is 0 Å². The van der Waals surface area contributed by atoms with Gasteiger partial charge in [0.15, 0.2) is 0 Å². The Morgan fingerprint density at radius 2 is 2.37 bits per heavy atom. The highest BCUT2D eigenvalue weighted by molar-refractivity contribution is 7.99. The Balaban J connectivity index is 2.23. The molecule has 2 rings (SSSR count). The van der Waals surface area contributed by atoms with Crippen molar-refractivity contribution in [3.05, 3.63) is 40.3 Å². The van der Waals surface area contributed by atoms with Crippen LogP contribution >= 0.6 is 23.1 Å². The lowest BCUT2D eigenvalue weighted by Crippen LogP contribution is -2.08. The number of carbonyl (C=O) groups is 1. The summed E-state index contributed by atoms with van der Waals surface area (Å²) in [6.45, 7) is 2.54. The van der Waals surface area contributed by atoms with Crippen molar-refractivity contribution in [2.45, 2.75) is 18.4 Å². The molecule has 0 aliphatic carbocycles. The summed E-state index contributed by atoms with van der Waals surface area (Å²) < 4.78 is 0. The van der Waals surface area contributed by atoms with Crippen molar-refractivity contribution in [2.24, 2.45) is 0 Å². The highest BCUT2D eigenvalue weighted by Crippen LogP contribution is 2.28. The lowest BCUT2D eigenvalue weighted by Gasteiger charge is -2.12. The number of carboxylic acid groups (broad SMARTS) is 1. The molecule has 0 atom stereocenters. The average molecular weight is 294 g/mol. The van der Waals surface area contributed by atoms with E-state index in [4.69, 9.17) is 0 Å². The minimum absolute atomic E-state index is 0.338. The van der Waals surface area contributed by atoms with Crippen LogP contribution in [-0.4, -0.2) is 21.8 Å². The van der Waals surface area contributed by atoms with Crippen molar-refractivity contribution >= 4 is 34.8 Å². The number of aromatic nitrogens is 1. The zero-order valence-electron chi connectivity index (χ0n) is 10.4. The van der Waals surface area contributed by atoms with E-state index in [1.165, 1.54) is 23.1 Å². The molecule has 1 heterocycles. The van der Waals surface area contributed by atoms with E-state index < -0.39 is 5.97 Å². The maximum atomic E-state index is 11.4. The number of rotatable bonds is 6. The van der Waals surface area contributed by atoms with Gasteiger partial charge in [-0.05, 0) is 17.9 Å². The van der Waals surface area contributed by atoms with Crippen molar-refractivity contribution < 1.29 is 9.90 Å². The number of aromatic carboxylic acids is 1. The molecular weight excluding hydrogens is 280 g/mol. The number of carboxylic acids is 1. The number of benzene rings is 1. The Kier molecular flexibility index (Phi) is 4.81. The first-order valence-corrected chi connectivity index (χ1v) is 7.75. The van der Waals surface area contributed by atoms with Crippen molar-refractivity contribution in [1.29, 1.82) is 0 Å². The summed E-state index contributed by atoms with van der Waals surface area (Å²) in [5.41, 5.74) is 3.65. The Morgan fingerprint density at radius 3 is 3.00 bits per heavy atom. The Morgan fingerprint density at radius 1 is 1.53 bits per heavy atom. The quantitative estimate of drug-likeness (QED) is 0.798. The fourth-order valence-electron chi connectivity index (χ4n) is 1.69. The van der Waals surface area contributed by atoms with Crippen molar-refractivity contribution in [2.75, 3.05) is 11.1 Å². The molecule has 6 heteroatoms. The molecule has 19 heavy (non-hydrogen) atoms. The molecule has 0 saturated heterocycles. The first-order chi connectivity index (χ1) is 9.22. The fourth-order valence-corrected chi connectivity index (χ4v) is 3.07. The number of thiazole rings is 1. The minimum Gasteiger partial charge on any atom is -0.478 e. The molecule has 100 valence electrons. The third-order valence-electron chi connectivity index (χ3n) is 2.48. The van der Waals surface area contributed by atoms with E-state index in [9.17, 15) is 9.90 Å². The summed E-state index contributed by atoms with van der Waals surface area (Å²) in [5, 5.41) is 14.5. The lowest BCUT2D eigenvalue weighted by molar-refractivity contribution is 0.0694. The first kappa shape index (κ1) is 13.9. The summed E-state index contributed by atoms with van der Waals surface area (Å²) >= 11 is 3.06. The highest BCUT2D eigenvalue weighted by atomic mass is 32.2. The van der Waals surface area contributed by atoms with Gasteiger partial charge < -0.3 is 10.4 Å². The number of nitrogens with one attached hydrogen (secondary N) is 1. The van der Waals surface area contributed by atoms with E-state index in [1.807, 2.05) is 24.4 Å². The SMILES string of the molecule is CCSc1cccc(NCc2cscn2)c1C(=O)O. The highest BCUT2D eigenvalue weighted by Gasteiger charge is 2.15. The molecule has 0 bridgehead atoms. The maximum Gasteiger partial charge on any atom is 0.338 e. The van der Waals surface area contributed by atoms with Crippen LogP contribution in [0.15, 0.2) is 34.0 Å². The van der Waals surface area contributed by atoms with Crippen LogP contribution in [-0.2, 0) is 6.54 Å². The predicted molar refractivity (Wildman–Crippen MR) is 79.2 cm³/mol. The molecular formula is C13H14N2O2S2. The molecule has 0 amide bonds. The van der Waals surface area contributed by atoms with Gasteiger partial charge in [0, 0.05) is 10.3 Å². The summed E-state index contributed by atoms with van der Waals surface area (Å²) in [5.74, 6) is -0.0622. The van der Waals surface area contributed by atoms with E-state index >= 15 is 0 Å². The summed E-state index contributed by atoms with van der Waals surface area (Å²) in [6.07, 6.45) is 0. The number of hydrogen-bond acceptors (Lipinski definition) is 5. The largest absolute Gasteiger partial charge is 0.478 e. The first-order valence-electron chi connectivity index (χ1n) is 5.82. The van der Waals surface area contributed by atoms with Gasteiger partial charge in [0.25, 0.3) is 0 Å². The smallest absolute Gasteiger partial charge is 0.338 e. The van der Waals surface area contributed by atoms with E-state index in [0.717, 1.165) is 16.3 Å². The van der Waals surface area contributed by atoms with Crippen LogP contribution in [0.3, 0.4) is 0 Å². The van der Waals surface area contributed by atoms with Gasteiger partial charge in [-0.25, -0.2) is 9.78 Å². The second-order valence-corrected chi connectivity index (χ2v) is 5.77. The number of nitrogens with zero attached hydrogens (tertiary/aromatic N) is 1. The Bertz CT molecular complexity index is 556. The van der Waals surface area contributed by atoms with Gasteiger partial charge in [-0.1, -0.05) is 13.0 Å². The van der Waals surface area contributed by atoms with Crippen molar-refractivity contribution in [3.63, 3.8) is 0 Å². The number of anilines is 1. The zero-order valence-corrected chi connectivity index (χ0v) is 12.1. The third kappa shape index (κ3) is 3.48. The fraction of sp³-hybridized carbons (Fsp3) is 0.231. The zero-order chi connectivity index (χ0) is 13.7. The Labute approximate surface area is 119 Å². The van der Waals surface area contributed by atoms with Crippen LogP contribution < -0.4 is 5.32 Å². The Hall–Kier alpha value is -1.53. The molecule has 1 aromatic carbocycles. The van der Waals surface area contributed by atoms with Crippen LogP contribution in [0.1, 0.15) is 23.0 Å². The van der Waals surface area contributed by atoms with Gasteiger partial charge in [-0.15, -0.1) is 23.1 Å². The second-order valence-electron chi connectivity index (χ2n) is 3.75. The van der Waals surface area contributed by atoms with Crippen LogP contribution in [0.4, 0.5) is 5.69 Å².